The summed E-state index contributed by atoms with van der Waals surface area (Å²) >= 11 is 0. The van der Waals surface area contributed by atoms with E-state index in [2.05, 4.69) is 13.8 Å². The molecule has 2 heteroatoms. The van der Waals surface area contributed by atoms with Crippen molar-refractivity contribution in [1.82, 2.24) is 0 Å². The quantitative estimate of drug-likeness (QED) is 0.618. The van der Waals surface area contributed by atoms with Gasteiger partial charge in [0, 0.05) is 11.5 Å². The van der Waals surface area contributed by atoms with Crippen LogP contribution in [0, 0.1) is 16.7 Å². The third-order valence-corrected chi connectivity index (χ3v) is 4.47. The third kappa shape index (κ3) is 0.775. The highest BCUT2D eigenvalue weighted by molar-refractivity contribution is 5.12. The van der Waals surface area contributed by atoms with E-state index in [1.807, 2.05) is 0 Å². The smallest absolute Gasteiger partial charge is 0.0502 e. The first-order valence-corrected chi connectivity index (χ1v) is 4.89. The van der Waals surface area contributed by atoms with Gasteiger partial charge in [0.15, 0.2) is 0 Å². The lowest BCUT2D eigenvalue weighted by molar-refractivity contribution is 0.0703. The van der Waals surface area contributed by atoms with Gasteiger partial charge in [0.2, 0.25) is 0 Å². The fraction of sp³-hybridized carbons (Fsp3) is 1.00. The zero-order valence-electron chi connectivity index (χ0n) is 8.01. The number of aliphatic hydroxyl groups is 1. The van der Waals surface area contributed by atoms with Crippen LogP contribution in [-0.4, -0.2) is 17.8 Å². The van der Waals surface area contributed by atoms with Gasteiger partial charge in [-0.15, -0.1) is 0 Å². The minimum Gasteiger partial charge on any atom is -0.396 e. The first kappa shape index (κ1) is 8.52. The predicted molar refractivity (Wildman–Crippen MR) is 48.6 cm³/mol. The topological polar surface area (TPSA) is 46.2 Å². The largest absolute Gasteiger partial charge is 0.396 e. The Labute approximate surface area is 74.1 Å². The molecule has 0 aromatic heterocycles. The molecule has 3 N–H and O–H groups in total. The molecule has 3 atom stereocenters. The summed E-state index contributed by atoms with van der Waals surface area (Å²) in [6.07, 6.45) is 3.55. The molecule has 0 amide bonds. The van der Waals surface area contributed by atoms with E-state index in [1.165, 1.54) is 6.42 Å². The molecule has 2 aliphatic rings. The van der Waals surface area contributed by atoms with Gasteiger partial charge in [0.05, 0.1) is 6.61 Å². The summed E-state index contributed by atoms with van der Waals surface area (Å²) in [6, 6.07) is 0.203. The van der Waals surface area contributed by atoms with E-state index < -0.39 is 0 Å². The van der Waals surface area contributed by atoms with Crippen molar-refractivity contribution in [3.63, 3.8) is 0 Å². The van der Waals surface area contributed by atoms with E-state index >= 15 is 0 Å². The van der Waals surface area contributed by atoms with Gasteiger partial charge in [-0.25, -0.2) is 0 Å². The summed E-state index contributed by atoms with van der Waals surface area (Å²) in [6.45, 7) is 4.78. The molecule has 0 aromatic carbocycles. The summed E-state index contributed by atoms with van der Waals surface area (Å²) in [5.41, 5.74) is 6.51. The van der Waals surface area contributed by atoms with E-state index in [4.69, 9.17) is 5.73 Å². The highest BCUT2D eigenvalue weighted by atomic mass is 16.3. The van der Waals surface area contributed by atoms with Crippen LogP contribution in [0.15, 0.2) is 0 Å². The molecule has 0 radical (unpaired) electrons. The van der Waals surface area contributed by atoms with Gasteiger partial charge >= 0.3 is 0 Å². The molecule has 3 unspecified atom stereocenters. The Morgan fingerprint density at radius 1 is 1.50 bits per heavy atom. The highest BCUT2D eigenvalue weighted by Crippen LogP contribution is 2.61. The van der Waals surface area contributed by atoms with Crippen LogP contribution in [0.3, 0.4) is 0 Å². The van der Waals surface area contributed by atoms with Crippen LogP contribution in [0.2, 0.25) is 0 Å². The van der Waals surface area contributed by atoms with Gasteiger partial charge in [0.25, 0.3) is 0 Å². The molecule has 0 spiro atoms. The van der Waals surface area contributed by atoms with Crippen LogP contribution < -0.4 is 5.73 Å². The summed E-state index contributed by atoms with van der Waals surface area (Å²) in [5, 5.41) is 9.37. The Balaban J connectivity index is 2.32. The van der Waals surface area contributed by atoms with E-state index in [9.17, 15) is 5.11 Å². The van der Waals surface area contributed by atoms with Gasteiger partial charge < -0.3 is 10.8 Å². The monoisotopic (exact) mass is 169 g/mol. The van der Waals surface area contributed by atoms with Crippen molar-refractivity contribution < 1.29 is 5.11 Å². The van der Waals surface area contributed by atoms with Crippen molar-refractivity contribution in [2.45, 2.75) is 39.2 Å². The van der Waals surface area contributed by atoms with Crippen molar-refractivity contribution in [1.29, 1.82) is 0 Å². The minimum absolute atomic E-state index is 0.0775. The molecule has 0 heterocycles. The zero-order valence-corrected chi connectivity index (χ0v) is 8.01. The Hall–Kier alpha value is -0.0800. The average Bonchev–Trinajstić information content (AvgIpc) is 2.53. The molecular weight excluding hydrogens is 150 g/mol. The van der Waals surface area contributed by atoms with Crippen LogP contribution >= 0.6 is 0 Å². The lowest BCUT2D eigenvalue weighted by Crippen LogP contribution is -2.49. The third-order valence-electron chi connectivity index (χ3n) is 4.47. The Bertz CT molecular complexity index is 202. The first-order chi connectivity index (χ1) is 5.53. The van der Waals surface area contributed by atoms with E-state index in [0.29, 0.717) is 0 Å². The second-order valence-electron chi connectivity index (χ2n) is 5.26. The Kier molecular flexibility index (Phi) is 1.59. The summed E-state index contributed by atoms with van der Waals surface area (Å²) in [5.74, 6) is 0.750. The van der Waals surface area contributed by atoms with Gasteiger partial charge in [0.1, 0.15) is 0 Å². The number of nitrogens with two attached hydrogens (primary N) is 1. The van der Waals surface area contributed by atoms with E-state index in [1.54, 1.807) is 0 Å². The molecule has 2 aliphatic carbocycles. The first-order valence-electron chi connectivity index (χ1n) is 4.89. The summed E-state index contributed by atoms with van der Waals surface area (Å²) in [4.78, 5) is 0. The second kappa shape index (κ2) is 2.24. The fourth-order valence-electron chi connectivity index (χ4n) is 3.36. The van der Waals surface area contributed by atoms with Crippen molar-refractivity contribution in [2.24, 2.45) is 22.5 Å². The van der Waals surface area contributed by atoms with Crippen molar-refractivity contribution >= 4 is 0 Å². The Morgan fingerprint density at radius 3 is 2.50 bits per heavy atom. The van der Waals surface area contributed by atoms with E-state index in [0.717, 1.165) is 18.8 Å². The van der Waals surface area contributed by atoms with Crippen LogP contribution in [0.5, 0.6) is 0 Å². The molecule has 2 rings (SSSR count). The molecule has 2 fully saturated rings. The molecule has 2 bridgehead atoms. The maximum Gasteiger partial charge on any atom is 0.0502 e. The average molecular weight is 169 g/mol. The summed E-state index contributed by atoms with van der Waals surface area (Å²) in [7, 11) is 0. The molecule has 0 aliphatic heterocycles. The molecule has 0 aromatic rings. The fourth-order valence-corrected chi connectivity index (χ4v) is 3.36. The molecule has 70 valence electrons. The van der Waals surface area contributed by atoms with Crippen LogP contribution in [0.4, 0.5) is 0 Å². The number of hydrogen-bond acceptors (Lipinski definition) is 2. The molecular formula is C10H19NO. The molecule has 2 nitrogen and oxygen atoms in total. The lowest BCUT2D eigenvalue weighted by Gasteiger charge is -2.41. The standard InChI is InChI=1S/C10H19NO/c1-9(2)7-3-4-10(5-7,6-12)8(9)11/h7-8,12H,3-6,11H2,1-2H3. The maximum atomic E-state index is 9.37. The number of hydrogen-bond donors (Lipinski definition) is 2. The van der Waals surface area contributed by atoms with Gasteiger partial charge in [-0.3, -0.25) is 0 Å². The number of aliphatic hydroxyl groups excluding tert-OH is 1. The normalized spacial score (nSPS) is 50.0. The van der Waals surface area contributed by atoms with Crippen LogP contribution in [-0.2, 0) is 0 Å². The number of rotatable bonds is 1. The summed E-state index contributed by atoms with van der Waals surface area (Å²) < 4.78 is 0. The van der Waals surface area contributed by atoms with Gasteiger partial charge in [-0.1, -0.05) is 13.8 Å². The zero-order chi connectivity index (χ0) is 8.98. The van der Waals surface area contributed by atoms with E-state index in [-0.39, 0.29) is 23.5 Å². The van der Waals surface area contributed by atoms with Crippen molar-refractivity contribution in [3.05, 3.63) is 0 Å². The molecule has 2 saturated carbocycles. The highest BCUT2D eigenvalue weighted by Gasteiger charge is 2.59. The van der Waals surface area contributed by atoms with Crippen molar-refractivity contribution in [3.8, 4) is 0 Å². The lowest BCUT2D eigenvalue weighted by atomic mass is 9.68. The second-order valence-corrected chi connectivity index (χ2v) is 5.26. The van der Waals surface area contributed by atoms with Crippen LogP contribution in [0.1, 0.15) is 33.1 Å². The minimum atomic E-state index is 0.0775. The van der Waals surface area contributed by atoms with Crippen molar-refractivity contribution in [2.75, 3.05) is 6.61 Å². The van der Waals surface area contributed by atoms with Gasteiger partial charge in [-0.05, 0) is 30.6 Å². The van der Waals surface area contributed by atoms with Crippen LogP contribution in [0.25, 0.3) is 0 Å². The Morgan fingerprint density at radius 2 is 2.17 bits per heavy atom. The predicted octanol–water partition coefficient (Wildman–Crippen LogP) is 1.13. The SMILES string of the molecule is CC1(C)C2CCC(CO)(C2)C1N. The maximum absolute atomic E-state index is 9.37. The molecule has 12 heavy (non-hydrogen) atoms. The van der Waals surface area contributed by atoms with Gasteiger partial charge in [-0.2, -0.15) is 0 Å². The number of fused-ring (bicyclic) bond motifs is 2. The molecule has 0 saturated heterocycles.